The summed E-state index contributed by atoms with van der Waals surface area (Å²) in [5.41, 5.74) is 2.82. The quantitative estimate of drug-likeness (QED) is 0.696. The summed E-state index contributed by atoms with van der Waals surface area (Å²) in [6, 6.07) is 5.99. The van der Waals surface area contributed by atoms with E-state index in [0.717, 1.165) is 49.2 Å². The highest BCUT2D eigenvalue weighted by Gasteiger charge is 2.30. The van der Waals surface area contributed by atoms with E-state index >= 15 is 0 Å². The summed E-state index contributed by atoms with van der Waals surface area (Å²) in [7, 11) is 4.01. The minimum atomic E-state index is -0.0731. The van der Waals surface area contributed by atoms with E-state index in [4.69, 9.17) is 4.74 Å². The van der Waals surface area contributed by atoms with Crippen LogP contribution in [0.2, 0.25) is 0 Å². The van der Waals surface area contributed by atoms with Crippen LogP contribution < -0.4 is 10.2 Å². The molecule has 6 nitrogen and oxygen atoms in total. The monoisotopic (exact) mass is 415 g/mol. The van der Waals surface area contributed by atoms with Crippen molar-refractivity contribution in [3.8, 4) is 0 Å². The summed E-state index contributed by atoms with van der Waals surface area (Å²) in [6.07, 6.45) is 4.61. The first kappa shape index (κ1) is 22.6. The van der Waals surface area contributed by atoms with Crippen molar-refractivity contribution in [3.63, 3.8) is 0 Å². The van der Waals surface area contributed by atoms with Gasteiger partial charge in [-0.25, -0.2) is 0 Å². The molecular formula is C24H37N3O3. The van der Waals surface area contributed by atoms with Gasteiger partial charge in [-0.15, -0.1) is 0 Å². The number of nitrogens with one attached hydrogen (secondary N) is 1. The van der Waals surface area contributed by atoms with Crippen molar-refractivity contribution in [2.45, 2.75) is 65.5 Å². The molecule has 1 aliphatic heterocycles. The maximum atomic E-state index is 13.2. The highest BCUT2D eigenvalue weighted by molar-refractivity contribution is 5.94. The Labute approximate surface area is 180 Å². The molecule has 0 bridgehead atoms. The maximum Gasteiger partial charge on any atom is 0.227 e. The molecule has 0 spiro atoms. The highest BCUT2D eigenvalue weighted by Crippen LogP contribution is 2.32. The fourth-order valence-corrected chi connectivity index (χ4v) is 3.88. The van der Waals surface area contributed by atoms with Gasteiger partial charge in [0.2, 0.25) is 11.8 Å². The molecule has 1 heterocycles. The number of ether oxygens (including phenoxy) is 1. The Hall–Kier alpha value is -2.08. The summed E-state index contributed by atoms with van der Waals surface area (Å²) >= 11 is 0. The average Bonchev–Trinajstić information content (AvgIpc) is 3.37. The first-order chi connectivity index (χ1) is 14.1. The van der Waals surface area contributed by atoms with Crippen molar-refractivity contribution in [2.75, 3.05) is 37.5 Å². The normalized spacial score (nSPS) is 18.9. The molecule has 2 aliphatic rings. The van der Waals surface area contributed by atoms with E-state index in [2.05, 4.69) is 31.0 Å². The summed E-state index contributed by atoms with van der Waals surface area (Å²) in [4.78, 5) is 29.4. The zero-order chi connectivity index (χ0) is 21.9. The number of benzene rings is 1. The second-order valence-corrected chi connectivity index (χ2v) is 10.1. The molecule has 1 N–H and O–H groups in total. The van der Waals surface area contributed by atoms with Crippen LogP contribution in [0.5, 0.6) is 0 Å². The molecule has 2 amide bonds. The van der Waals surface area contributed by atoms with E-state index in [9.17, 15) is 9.59 Å². The van der Waals surface area contributed by atoms with Crippen molar-refractivity contribution >= 4 is 23.2 Å². The molecule has 0 aromatic heterocycles. The lowest BCUT2D eigenvalue weighted by Crippen LogP contribution is -2.38. The first-order valence-corrected chi connectivity index (χ1v) is 11.1. The molecule has 1 atom stereocenters. The lowest BCUT2D eigenvalue weighted by Gasteiger charge is -2.30. The predicted octanol–water partition coefficient (Wildman–Crippen LogP) is 4.04. The van der Waals surface area contributed by atoms with E-state index in [0.29, 0.717) is 19.5 Å². The second kappa shape index (κ2) is 9.38. The molecule has 0 unspecified atom stereocenters. The van der Waals surface area contributed by atoms with Gasteiger partial charge >= 0.3 is 0 Å². The van der Waals surface area contributed by atoms with Crippen LogP contribution in [0.15, 0.2) is 18.2 Å². The van der Waals surface area contributed by atoms with Gasteiger partial charge in [-0.1, -0.05) is 20.8 Å². The number of anilines is 2. The van der Waals surface area contributed by atoms with Gasteiger partial charge in [0, 0.05) is 57.5 Å². The maximum absolute atomic E-state index is 13.2. The second-order valence-electron chi connectivity index (χ2n) is 10.1. The Morgan fingerprint density at radius 1 is 1.17 bits per heavy atom. The SMILES string of the molecule is CN(C)c1ccc(NC(=O)C2CC2)cc1CN(C[C@H]1CCCO1)C(=O)CC(C)(C)C. The minimum absolute atomic E-state index is 0.0731. The summed E-state index contributed by atoms with van der Waals surface area (Å²) in [6.45, 7) is 8.17. The van der Waals surface area contributed by atoms with Crippen molar-refractivity contribution in [1.82, 2.24) is 4.90 Å². The predicted molar refractivity (Wildman–Crippen MR) is 121 cm³/mol. The molecule has 166 valence electrons. The van der Waals surface area contributed by atoms with E-state index in [-0.39, 0.29) is 29.3 Å². The third kappa shape index (κ3) is 6.46. The van der Waals surface area contributed by atoms with Crippen LogP contribution in [0.1, 0.15) is 58.4 Å². The lowest BCUT2D eigenvalue weighted by molar-refractivity contribution is -0.135. The van der Waals surface area contributed by atoms with Crippen LogP contribution in [0.3, 0.4) is 0 Å². The summed E-state index contributed by atoms with van der Waals surface area (Å²) in [5.74, 6) is 0.403. The molecule has 1 saturated heterocycles. The molecule has 1 aromatic rings. The molecule has 0 radical (unpaired) electrons. The van der Waals surface area contributed by atoms with Gasteiger partial charge in [-0.2, -0.15) is 0 Å². The van der Waals surface area contributed by atoms with Gasteiger partial charge in [0.1, 0.15) is 0 Å². The highest BCUT2D eigenvalue weighted by atomic mass is 16.5. The third-order valence-corrected chi connectivity index (χ3v) is 5.62. The zero-order valence-corrected chi connectivity index (χ0v) is 19.2. The summed E-state index contributed by atoms with van der Waals surface area (Å²) in [5, 5.41) is 3.04. The van der Waals surface area contributed by atoms with E-state index < -0.39 is 0 Å². The van der Waals surface area contributed by atoms with Gasteiger partial charge in [0.15, 0.2) is 0 Å². The van der Waals surface area contributed by atoms with Gasteiger partial charge in [-0.3, -0.25) is 9.59 Å². The molecule has 30 heavy (non-hydrogen) atoms. The van der Waals surface area contributed by atoms with Crippen LogP contribution in [0.4, 0.5) is 11.4 Å². The number of amides is 2. The van der Waals surface area contributed by atoms with Crippen LogP contribution in [0.25, 0.3) is 0 Å². The van der Waals surface area contributed by atoms with Crippen LogP contribution >= 0.6 is 0 Å². The Balaban J connectivity index is 1.82. The number of hydrogen-bond donors (Lipinski definition) is 1. The average molecular weight is 416 g/mol. The molecule has 1 aromatic carbocycles. The van der Waals surface area contributed by atoms with Crippen LogP contribution in [0, 0.1) is 11.3 Å². The largest absolute Gasteiger partial charge is 0.377 e. The van der Waals surface area contributed by atoms with E-state index in [1.807, 2.05) is 37.2 Å². The fraction of sp³-hybridized carbons (Fsp3) is 0.667. The van der Waals surface area contributed by atoms with Crippen molar-refractivity contribution in [2.24, 2.45) is 11.3 Å². The van der Waals surface area contributed by atoms with Crippen molar-refractivity contribution in [3.05, 3.63) is 23.8 Å². The topological polar surface area (TPSA) is 61.9 Å². The molecule has 6 heteroatoms. The number of nitrogens with zero attached hydrogens (tertiary/aromatic N) is 2. The molecular weight excluding hydrogens is 378 g/mol. The smallest absolute Gasteiger partial charge is 0.227 e. The Bertz CT molecular complexity index is 759. The van der Waals surface area contributed by atoms with Gasteiger partial charge in [-0.05, 0) is 54.9 Å². The number of carbonyl (C=O) groups excluding carboxylic acids is 2. The Kier molecular flexibility index (Phi) is 7.06. The number of hydrogen-bond acceptors (Lipinski definition) is 4. The van der Waals surface area contributed by atoms with E-state index in [1.165, 1.54) is 0 Å². The van der Waals surface area contributed by atoms with E-state index in [1.54, 1.807) is 0 Å². The molecule has 1 aliphatic carbocycles. The molecule has 3 rings (SSSR count). The van der Waals surface area contributed by atoms with Crippen molar-refractivity contribution in [1.29, 1.82) is 0 Å². The van der Waals surface area contributed by atoms with Gasteiger partial charge < -0.3 is 19.9 Å². The zero-order valence-electron chi connectivity index (χ0n) is 19.2. The van der Waals surface area contributed by atoms with Gasteiger partial charge in [0.05, 0.1) is 6.10 Å². The summed E-state index contributed by atoms with van der Waals surface area (Å²) < 4.78 is 5.83. The molecule has 1 saturated carbocycles. The Morgan fingerprint density at radius 2 is 1.90 bits per heavy atom. The standard InChI is InChI=1S/C24H37N3O3/c1-24(2,3)14-22(28)27(16-20-7-6-12-30-20)15-18-13-19(10-11-21(18)26(4)5)25-23(29)17-8-9-17/h10-11,13,17,20H,6-9,12,14-16H2,1-5H3,(H,25,29)/t20-/m1/s1. The number of carbonyl (C=O) groups is 2. The first-order valence-electron chi connectivity index (χ1n) is 11.1. The van der Waals surface area contributed by atoms with Crippen molar-refractivity contribution < 1.29 is 14.3 Å². The van der Waals surface area contributed by atoms with Crippen LogP contribution in [-0.4, -0.2) is 50.1 Å². The number of rotatable bonds is 8. The Morgan fingerprint density at radius 3 is 2.47 bits per heavy atom. The van der Waals surface area contributed by atoms with Gasteiger partial charge in [0.25, 0.3) is 0 Å². The van der Waals surface area contributed by atoms with Crippen LogP contribution in [-0.2, 0) is 20.9 Å². The minimum Gasteiger partial charge on any atom is -0.377 e. The fourth-order valence-electron chi connectivity index (χ4n) is 3.88. The third-order valence-electron chi connectivity index (χ3n) is 5.62. The molecule has 2 fully saturated rings. The lowest BCUT2D eigenvalue weighted by atomic mass is 9.91.